The first-order valence-corrected chi connectivity index (χ1v) is 9.97. The Kier molecular flexibility index (Phi) is 4.82. The number of anilines is 1. The van der Waals surface area contributed by atoms with E-state index >= 15 is 0 Å². The first kappa shape index (κ1) is 19.8. The standard InChI is InChI=1S/C19H17BrClN5O3/c1-19(2)6-10(11-7-22-14-5-12(21)25-26(14)16(11)19)17(28)23-13-4-9(8-27)15(20)18(24-13)29-3/h4-5,7-8,10H,6H2,1-3H3,(H,23,24,28). The Hall–Kier alpha value is -2.52. The van der Waals surface area contributed by atoms with Crippen molar-refractivity contribution in [1.29, 1.82) is 0 Å². The molecule has 1 atom stereocenters. The number of ether oxygens (including phenoxy) is 1. The Balaban J connectivity index is 1.72. The van der Waals surface area contributed by atoms with Crippen molar-refractivity contribution in [2.75, 3.05) is 12.4 Å². The maximum atomic E-state index is 13.1. The van der Waals surface area contributed by atoms with Crippen molar-refractivity contribution in [2.45, 2.75) is 31.6 Å². The molecule has 0 aromatic carbocycles. The zero-order valence-corrected chi connectivity index (χ0v) is 18.2. The van der Waals surface area contributed by atoms with E-state index in [9.17, 15) is 9.59 Å². The monoisotopic (exact) mass is 477 g/mol. The van der Waals surface area contributed by atoms with Crippen molar-refractivity contribution < 1.29 is 14.3 Å². The molecule has 4 rings (SSSR count). The molecule has 0 saturated carbocycles. The minimum Gasteiger partial charge on any atom is -0.480 e. The van der Waals surface area contributed by atoms with Crippen LogP contribution in [-0.4, -0.2) is 38.9 Å². The third kappa shape index (κ3) is 3.28. The van der Waals surface area contributed by atoms with Crippen LogP contribution in [0.2, 0.25) is 5.15 Å². The molecule has 0 radical (unpaired) electrons. The summed E-state index contributed by atoms with van der Waals surface area (Å²) in [5, 5.41) is 7.48. The molecule has 1 aliphatic carbocycles. The third-order valence-electron chi connectivity index (χ3n) is 5.06. The molecule has 29 heavy (non-hydrogen) atoms. The van der Waals surface area contributed by atoms with Gasteiger partial charge in [0.2, 0.25) is 11.8 Å². The van der Waals surface area contributed by atoms with E-state index in [1.54, 1.807) is 16.8 Å². The molecule has 1 aliphatic rings. The number of carbonyl (C=O) groups is 2. The second-order valence-electron chi connectivity index (χ2n) is 7.47. The maximum Gasteiger partial charge on any atom is 0.233 e. The number of hydrogen-bond donors (Lipinski definition) is 1. The van der Waals surface area contributed by atoms with Gasteiger partial charge in [0, 0.05) is 28.8 Å². The largest absolute Gasteiger partial charge is 0.480 e. The van der Waals surface area contributed by atoms with Crippen LogP contribution in [0.25, 0.3) is 5.65 Å². The van der Waals surface area contributed by atoms with Crippen LogP contribution in [-0.2, 0) is 10.2 Å². The highest BCUT2D eigenvalue weighted by Crippen LogP contribution is 2.46. The fourth-order valence-corrected chi connectivity index (χ4v) is 4.46. The molecule has 0 fully saturated rings. The van der Waals surface area contributed by atoms with Crippen LogP contribution in [0.1, 0.15) is 47.8 Å². The summed E-state index contributed by atoms with van der Waals surface area (Å²) in [6.07, 6.45) is 2.94. The van der Waals surface area contributed by atoms with Gasteiger partial charge >= 0.3 is 0 Å². The number of aromatic nitrogens is 4. The number of fused-ring (bicyclic) bond motifs is 3. The SMILES string of the molecule is COc1nc(NC(=O)C2CC(C)(C)c3c2cnc2cc(Cl)nn32)cc(C=O)c1Br. The number of carbonyl (C=O) groups excluding carboxylic acids is 2. The summed E-state index contributed by atoms with van der Waals surface area (Å²) < 4.78 is 7.31. The van der Waals surface area contributed by atoms with E-state index in [1.165, 1.54) is 13.2 Å². The van der Waals surface area contributed by atoms with Gasteiger partial charge in [-0.3, -0.25) is 9.59 Å². The molecule has 3 aromatic rings. The molecule has 0 saturated heterocycles. The number of nitrogens with zero attached hydrogens (tertiary/aromatic N) is 4. The number of rotatable bonds is 4. The minimum absolute atomic E-state index is 0.214. The third-order valence-corrected chi connectivity index (χ3v) is 6.04. The molecule has 3 heterocycles. The average molecular weight is 479 g/mol. The predicted molar refractivity (Wildman–Crippen MR) is 111 cm³/mol. The number of nitrogens with one attached hydrogen (secondary N) is 1. The van der Waals surface area contributed by atoms with Crippen molar-refractivity contribution in [1.82, 2.24) is 19.6 Å². The second kappa shape index (κ2) is 7.07. The number of hydrogen-bond acceptors (Lipinski definition) is 6. The molecule has 1 N–H and O–H groups in total. The van der Waals surface area contributed by atoms with Gasteiger partial charge in [0.25, 0.3) is 0 Å². The van der Waals surface area contributed by atoms with Crippen LogP contribution >= 0.6 is 27.5 Å². The summed E-state index contributed by atoms with van der Waals surface area (Å²) in [7, 11) is 1.44. The Morgan fingerprint density at radius 2 is 2.21 bits per heavy atom. The van der Waals surface area contributed by atoms with E-state index in [2.05, 4.69) is 50.2 Å². The topological polar surface area (TPSA) is 98.5 Å². The summed E-state index contributed by atoms with van der Waals surface area (Å²) in [4.78, 5) is 33.1. The maximum absolute atomic E-state index is 13.1. The van der Waals surface area contributed by atoms with Crippen LogP contribution in [0.4, 0.5) is 5.82 Å². The molecule has 150 valence electrons. The van der Waals surface area contributed by atoms with Crippen LogP contribution in [0.5, 0.6) is 5.88 Å². The summed E-state index contributed by atoms with van der Waals surface area (Å²) in [6, 6.07) is 3.18. The molecular formula is C19H17BrClN5O3. The van der Waals surface area contributed by atoms with Gasteiger partial charge < -0.3 is 10.1 Å². The highest BCUT2D eigenvalue weighted by Gasteiger charge is 2.43. The lowest BCUT2D eigenvalue weighted by molar-refractivity contribution is -0.117. The molecule has 1 unspecified atom stereocenters. The fraction of sp³-hybridized carbons (Fsp3) is 0.316. The van der Waals surface area contributed by atoms with E-state index in [0.29, 0.717) is 33.5 Å². The Bertz CT molecular complexity index is 1160. The molecule has 0 spiro atoms. The lowest BCUT2D eigenvalue weighted by Gasteiger charge is -2.19. The van der Waals surface area contributed by atoms with Gasteiger partial charge in [0.15, 0.2) is 17.1 Å². The molecule has 0 bridgehead atoms. The smallest absolute Gasteiger partial charge is 0.233 e. The highest BCUT2D eigenvalue weighted by molar-refractivity contribution is 9.10. The van der Waals surface area contributed by atoms with Crippen molar-refractivity contribution >= 4 is 51.2 Å². The van der Waals surface area contributed by atoms with Crippen LogP contribution in [0.15, 0.2) is 22.8 Å². The van der Waals surface area contributed by atoms with E-state index < -0.39 is 5.92 Å². The van der Waals surface area contributed by atoms with Crippen molar-refractivity contribution in [3.63, 3.8) is 0 Å². The van der Waals surface area contributed by atoms with Gasteiger partial charge in [-0.1, -0.05) is 25.4 Å². The molecule has 8 nitrogen and oxygen atoms in total. The summed E-state index contributed by atoms with van der Waals surface area (Å²) >= 11 is 9.32. The van der Waals surface area contributed by atoms with E-state index in [4.69, 9.17) is 16.3 Å². The predicted octanol–water partition coefficient (Wildman–Crippen LogP) is 3.76. The van der Waals surface area contributed by atoms with Crippen LogP contribution in [0, 0.1) is 0 Å². The summed E-state index contributed by atoms with van der Waals surface area (Å²) in [6.45, 7) is 4.11. The van der Waals surface area contributed by atoms with Crippen molar-refractivity contribution in [3.05, 3.63) is 44.8 Å². The number of pyridine rings is 1. The number of halogens is 2. The van der Waals surface area contributed by atoms with Gasteiger partial charge in [0.05, 0.1) is 23.2 Å². The van der Waals surface area contributed by atoms with Gasteiger partial charge in [-0.15, -0.1) is 0 Å². The van der Waals surface area contributed by atoms with Crippen molar-refractivity contribution in [3.8, 4) is 5.88 Å². The molecular weight excluding hydrogens is 462 g/mol. The Morgan fingerprint density at radius 3 is 2.90 bits per heavy atom. The van der Waals surface area contributed by atoms with Gasteiger partial charge in [-0.25, -0.2) is 9.50 Å². The van der Waals surface area contributed by atoms with Crippen molar-refractivity contribution in [2.24, 2.45) is 0 Å². The molecule has 0 aliphatic heterocycles. The second-order valence-corrected chi connectivity index (χ2v) is 8.65. The molecule has 3 aromatic heterocycles. The van der Waals surface area contributed by atoms with Crippen LogP contribution in [0.3, 0.4) is 0 Å². The lowest BCUT2D eigenvalue weighted by Crippen LogP contribution is -2.22. The normalized spacial score (nSPS) is 17.2. The minimum atomic E-state index is -0.448. The van der Waals surface area contributed by atoms with Gasteiger partial charge in [0.1, 0.15) is 5.82 Å². The molecule has 1 amide bonds. The first-order chi connectivity index (χ1) is 13.7. The molecule has 10 heteroatoms. The van der Waals surface area contributed by atoms with Crippen LogP contribution < -0.4 is 10.1 Å². The zero-order chi connectivity index (χ0) is 20.9. The number of aldehydes is 1. The first-order valence-electron chi connectivity index (χ1n) is 8.80. The number of amides is 1. The summed E-state index contributed by atoms with van der Waals surface area (Å²) in [5.74, 6) is -0.243. The average Bonchev–Trinajstić information content (AvgIpc) is 3.18. The number of methoxy groups -OCH3 is 1. The zero-order valence-electron chi connectivity index (χ0n) is 15.9. The lowest BCUT2D eigenvalue weighted by atomic mass is 9.88. The van der Waals surface area contributed by atoms with E-state index in [-0.39, 0.29) is 23.0 Å². The summed E-state index contributed by atoms with van der Waals surface area (Å²) in [5.41, 5.74) is 2.35. The quantitative estimate of drug-likeness (QED) is 0.573. The van der Waals surface area contributed by atoms with Gasteiger partial charge in [-0.2, -0.15) is 10.1 Å². The Labute approximate surface area is 179 Å². The Morgan fingerprint density at radius 1 is 1.45 bits per heavy atom. The highest BCUT2D eigenvalue weighted by atomic mass is 79.9. The fourth-order valence-electron chi connectivity index (χ4n) is 3.83. The van der Waals surface area contributed by atoms with Gasteiger partial charge in [-0.05, 0) is 28.4 Å². The van der Waals surface area contributed by atoms with E-state index in [1.807, 2.05) is 0 Å². The van der Waals surface area contributed by atoms with E-state index in [0.717, 1.165) is 11.3 Å².